The number of hydrogen-bond acceptors (Lipinski definition) is 8. The zero-order valence-corrected chi connectivity index (χ0v) is 20.7. The Kier molecular flexibility index (Phi) is 7.07. The van der Waals surface area contributed by atoms with Crippen LogP contribution < -0.4 is 9.04 Å². The summed E-state index contributed by atoms with van der Waals surface area (Å²) in [7, 11) is -4.38. The number of pyridine rings is 1. The molecule has 2 aromatic carbocycles. The van der Waals surface area contributed by atoms with Crippen molar-refractivity contribution in [2.45, 2.75) is 25.7 Å². The molecule has 0 spiro atoms. The Labute approximate surface area is 208 Å². The van der Waals surface area contributed by atoms with Gasteiger partial charge < -0.3 is 13.9 Å². The summed E-state index contributed by atoms with van der Waals surface area (Å²) in [6.07, 6.45) is 2.80. The number of furan rings is 1. The van der Waals surface area contributed by atoms with Crippen LogP contribution in [0.4, 0.5) is 5.69 Å². The number of amides is 1. The SMILES string of the molecule is CCOC(=O)c1c(C)oc2ccc(N(C(=O)c3ccncc3)S(=O)(=O)c3ccc(OCC)cc3)cc12. The lowest BCUT2D eigenvalue weighted by atomic mass is 10.1. The number of aryl methyl sites for hydroxylation is 1. The van der Waals surface area contributed by atoms with Crippen molar-refractivity contribution in [1.29, 1.82) is 0 Å². The van der Waals surface area contributed by atoms with Crippen molar-refractivity contribution >= 4 is 38.6 Å². The minimum Gasteiger partial charge on any atom is -0.494 e. The third kappa shape index (κ3) is 4.67. The van der Waals surface area contributed by atoms with E-state index in [9.17, 15) is 18.0 Å². The van der Waals surface area contributed by atoms with Crippen molar-refractivity contribution < 1.29 is 31.9 Å². The van der Waals surface area contributed by atoms with Gasteiger partial charge >= 0.3 is 5.97 Å². The van der Waals surface area contributed by atoms with Gasteiger partial charge in [0, 0.05) is 23.3 Å². The summed E-state index contributed by atoms with van der Waals surface area (Å²) in [5, 5.41) is 0.331. The van der Waals surface area contributed by atoms with Gasteiger partial charge in [-0.25, -0.2) is 13.2 Å². The van der Waals surface area contributed by atoms with Crippen LogP contribution in [0.15, 0.2) is 76.3 Å². The fourth-order valence-electron chi connectivity index (χ4n) is 3.75. The fourth-order valence-corrected chi connectivity index (χ4v) is 5.15. The normalized spacial score (nSPS) is 11.3. The molecule has 4 rings (SSSR count). The summed E-state index contributed by atoms with van der Waals surface area (Å²) in [4.78, 5) is 30.0. The van der Waals surface area contributed by atoms with Crippen molar-refractivity contribution in [3.05, 3.63) is 83.9 Å². The van der Waals surface area contributed by atoms with E-state index in [1.165, 1.54) is 67.0 Å². The molecule has 0 atom stereocenters. The summed E-state index contributed by atoms with van der Waals surface area (Å²) in [6, 6.07) is 13.0. The number of anilines is 1. The van der Waals surface area contributed by atoms with E-state index in [1.54, 1.807) is 13.8 Å². The lowest BCUT2D eigenvalue weighted by molar-refractivity contribution is 0.0526. The molecule has 0 aliphatic heterocycles. The Morgan fingerprint density at radius 3 is 2.31 bits per heavy atom. The molecule has 0 saturated carbocycles. The number of fused-ring (bicyclic) bond motifs is 1. The highest BCUT2D eigenvalue weighted by Crippen LogP contribution is 2.33. The van der Waals surface area contributed by atoms with Crippen LogP contribution in [0.1, 0.15) is 40.3 Å². The number of aromatic nitrogens is 1. The Balaban J connectivity index is 1.89. The van der Waals surface area contributed by atoms with Gasteiger partial charge in [0.1, 0.15) is 22.7 Å². The molecule has 0 aliphatic rings. The molecule has 0 N–H and O–H groups in total. The second-order valence-electron chi connectivity index (χ2n) is 7.65. The van der Waals surface area contributed by atoms with Crippen LogP contribution in [-0.4, -0.2) is 38.5 Å². The number of hydrogen-bond donors (Lipinski definition) is 0. The van der Waals surface area contributed by atoms with E-state index in [0.717, 1.165) is 0 Å². The molecule has 0 saturated heterocycles. The third-order valence-electron chi connectivity index (χ3n) is 5.35. The molecule has 4 aromatic rings. The Hall–Kier alpha value is -4.18. The fraction of sp³-hybridized carbons (Fsp3) is 0.192. The predicted octanol–water partition coefficient (Wildman–Crippen LogP) is 4.75. The van der Waals surface area contributed by atoms with Gasteiger partial charge in [-0.3, -0.25) is 9.78 Å². The first-order valence-electron chi connectivity index (χ1n) is 11.2. The van der Waals surface area contributed by atoms with Gasteiger partial charge in [-0.1, -0.05) is 0 Å². The summed E-state index contributed by atoms with van der Waals surface area (Å²) < 4.78 is 44.6. The molecule has 36 heavy (non-hydrogen) atoms. The van der Waals surface area contributed by atoms with Crippen LogP contribution in [0.25, 0.3) is 11.0 Å². The maximum Gasteiger partial charge on any atom is 0.342 e. The molecule has 0 radical (unpaired) electrons. The highest BCUT2D eigenvalue weighted by Gasteiger charge is 2.33. The number of carbonyl (C=O) groups excluding carboxylic acids is 2. The first-order chi connectivity index (χ1) is 17.3. The lowest BCUT2D eigenvalue weighted by Crippen LogP contribution is -2.37. The molecule has 186 valence electrons. The van der Waals surface area contributed by atoms with Crippen molar-refractivity contribution in [3.8, 4) is 5.75 Å². The molecule has 9 nitrogen and oxygen atoms in total. The number of rotatable bonds is 8. The molecule has 0 aliphatic carbocycles. The van der Waals surface area contributed by atoms with E-state index in [1.807, 2.05) is 6.92 Å². The molecular formula is C26H24N2O7S. The smallest absolute Gasteiger partial charge is 0.342 e. The average molecular weight is 509 g/mol. The number of ether oxygens (including phenoxy) is 2. The second-order valence-corrected chi connectivity index (χ2v) is 9.44. The zero-order chi connectivity index (χ0) is 25.9. The van der Waals surface area contributed by atoms with E-state index < -0.39 is 21.9 Å². The molecule has 1 amide bonds. The van der Waals surface area contributed by atoms with Gasteiger partial charge in [0.2, 0.25) is 0 Å². The van der Waals surface area contributed by atoms with Gasteiger partial charge in [0.25, 0.3) is 15.9 Å². The van der Waals surface area contributed by atoms with E-state index in [4.69, 9.17) is 13.9 Å². The second kappa shape index (κ2) is 10.2. The monoisotopic (exact) mass is 508 g/mol. The van der Waals surface area contributed by atoms with Gasteiger partial charge in [0.15, 0.2) is 0 Å². The molecule has 2 heterocycles. The molecule has 10 heteroatoms. The number of sulfonamides is 1. The Morgan fingerprint density at radius 2 is 1.67 bits per heavy atom. The lowest BCUT2D eigenvalue weighted by Gasteiger charge is -2.23. The quantitative estimate of drug-likeness (QED) is 0.313. The zero-order valence-electron chi connectivity index (χ0n) is 19.9. The average Bonchev–Trinajstić information content (AvgIpc) is 3.20. The van der Waals surface area contributed by atoms with Crippen LogP contribution in [0.2, 0.25) is 0 Å². The number of benzene rings is 2. The molecule has 2 aromatic heterocycles. The predicted molar refractivity (Wildman–Crippen MR) is 133 cm³/mol. The van der Waals surface area contributed by atoms with Crippen molar-refractivity contribution in [2.24, 2.45) is 0 Å². The third-order valence-corrected chi connectivity index (χ3v) is 7.07. The van der Waals surface area contributed by atoms with Gasteiger partial charge in [-0.05, 0) is 75.4 Å². The van der Waals surface area contributed by atoms with Gasteiger partial charge in [0.05, 0.1) is 23.8 Å². The first-order valence-corrected chi connectivity index (χ1v) is 12.6. The summed E-state index contributed by atoms with van der Waals surface area (Å²) in [5.74, 6) is -0.573. The van der Waals surface area contributed by atoms with Crippen LogP contribution >= 0.6 is 0 Å². The van der Waals surface area contributed by atoms with Crippen LogP contribution in [0, 0.1) is 6.92 Å². The maximum absolute atomic E-state index is 13.8. The first kappa shape index (κ1) is 24.9. The Bertz CT molecular complexity index is 1510. The summed E-state index contributed by atoms with van der Waals surface area (Å²) in [6.45, 7) is 5.69. The van der Waals surface area contributed by atoms with Crippen LogP contribution in [0.5, 0.6) is 5.75 Å². The van der Waals surface area contributed by atoms with E-state index in [2.05, 4.69) is 4.98 Å². The van der Waals surface area contributed by atoms with E-state index in [-0.39, 0.29) is 28.3 Å². The topological polar surface area (TPSA) is 116 Å². The number of nitrogens with zero attached hydrogens (tertiary/aromatic N) is 2. The standard InChI is InChI=1S/C26H24N2O7S/c1-4-33-20-7-9-21(10-8-20)36(31,32)28(25(29)18-12-14-27-15-13-18)19-6-11-23-22(16-19)24(17(3)35-23)26(30)34-5-2/h6-16H,4-5H2,1-3H3. The van der Waals surface area contributed by atoms with Gasteiger partial charge in [-0.15, -0.1) is 0 Å². The minimum absolute atomic E-state index is 0.0320. The molecule has 0 fully saturated rings. The highest BCUT2D eigenvalue weighted by molar-refractivity contribution is 7.93. The van der Waals surface area contributed by atoms with Crippen molar-refractivity contribution in [1.82, 2.24) is 4.98 Å². The summed E-state index contributed by atoms with van der Waals surface area (Å²) >= 11 is 0. The minimum atomic E-state index is -4.38. The largest absolute Gasteiger partial charge is 0.494 e. The van der Waals surface area contributed by atoms with E-state index in [0.29, 0.717) is 33.4 Å². The van der Waals surface area contributed by atoms with Crippen LogP contribution in [-0.2, 0) is 14.8 Å². The molecular weight excluding hydrogens is 484 g/mol. The van der Waals surface area contributed by atoms with Crippen molar-refractivity contribution in [2.75, 3.05) is 17.5 Å². The number of esters is 1. The van der Waals surface area contributed by atoms with Crippen molar-refractivity contribution in [3.63, 3.8) is 0 Å². The molecule has 0 unspecified atom stereocenters. The van der Waals surface area contributed by atoms with Crippen LogP contribution in [0.3, 0.4) is 0 Å². The number of carbonyl (C=O) groups is 2. The summed E-state index contributed by atoms with van der Waals surface area (Å²) in [5.41, 5.74) is 0.677. The molecule has 0 bridgehead atoms. The van der Waals surface area contributed by atoms with E-state index >= 15 is 0 Å². The highest BCUT2D eigenvalue weighted by atomic mass is 32.2. The maximum atomic E-state index is 13.8. The Morgan fingerprint density at radius 1 is 0.972 bits per heavy atom. The van der Waals surface area contributed by atoms with Gasteiger partial charge in [-0.2, -0.15) is 4.31 Å².